The van der Waals surface area contributed by atoms with Gasteiger partial charge in [-0.05, 0) is 41.7 Å². The van der Waals surface area contributed by atoms with Crippen LogP contribution in [0.25, 0.3) is 0 Å². The Hall–Kier alpha value is -0.600. The lowest BCUT2D eigenvalue weighted by Gasteiger charge is -2.34. The number of thioether (sulfide) groups is 1. The van der Waals surface area contributed by atoms with Gasteiger partial charge in [-0.15, -0.1) is 0 Å². The van der Waals surface area contributed by atoms with Gasteiger partial charge < -0.3 is 0 Å². The first-order valence-electron chi connectivity index (χ1n) is 9.54. The molecule has 3 aliphatic heterocycles. The molecule has 144 valence electrons. The van der Waals surface area contributed by atoms with Gasteiger partial charge in [0.15, 0.2) is 0 Å². The number of hydrogen-bond acceptors (Lipinski definition) is 4. The highest BCUT2D eigenvalue weighted by molar-refractivity contribution is 7.99. The zero-order valence-corrected chi connectivity index (χ0v) is 17.3. The van der Waals surface area contributed by atoms with Crippen LogP contribution in [0.15, 0.2) is 30.3 Å². The van der Waals surface area contributed by atoms with Crippen LogP contribution in [0.4, 0.5) is 0 Å². The summed E-state index contributed by atoms with van der Waals surface area (Å²) in [5, 5.41) is 0. The van der Waals surface area contributed by atoms with Crippen molar-refractivity contribution in [1.29, 1.82) is 0 Å². The fourth-order valence-electron chi connectivity index (χ4n) is 4.90. The van der Waals surface area contributed by atoms with Crippen LogP contribution in [0.1, 0.15) is 24.4 Å². The second-order valence-corrected chi connectivity index (χ2v) is 11.3. The van der Waals surface area contributed by atoms with Gasteiger partial charge in [0, 0.05) is 39.8 Å². The lowest BCUT2D eigenvalue weighted by molar-refractivity contribution is 0.194. The SMILES string of the molecule is CN(C)S(=O)(=O)N1C[C@@H]2CN(C3CCSCC3)C[C@@H]2[C@H]1c1ccccc1. The van der Waals surface area contributed by atoms with E-state index in [1.54, 1.807) is 18.4 Å². The molecule has 0 amide bonds. The summed E-state index contributed by atoms with van der Waals surface area (Å²) in [4.78, 5) is 2.66. The van der Waals surface area contributed by atoms with E-state index in [2.05, 4.69) is 28.8 Å². The first-order chi connectivity index (χ1) is 12.5. The lowest BCUT2D eigenvalue weighted by Crippen LogP contribution is -2.43. The van der Waals surface area contributed by atoms with E-state index < -0.39 is 10.2 Å². The molecule has 3 fully saturated rings. The van der Waals surface area contributed by atoms with Crippen molar-refractivity contribution in [3.05, 3.63) is 35.9 Å². The third-order valence-electron chi connectivity index (χ3n) is 6.26. The van der Waals surface area contributed by atoms with Crippen molar-refractivity contribution in [2.45, 2.75) is 24.9 Å². The van der Waals surface area contributed by atoms with Crippen LogP contribution in [-0.2, 0) is 10.2 Å². The topological polar surface area (TPSA) is 43.9 Å². The summed E-state index contributed by atoms with van der Waals surface area (Å²) in [6.45, 7) is 2.71. The number of rotatable bonds is 4. The molecule has 4 rings (SSSR count). The third-order valence-corrected chi connectivity index (χ3v) is 9.20. The van der Waals surface area contributed by atoms with Gasteiger partial charge in [0.1, 0.15) is 0 Å². The highest BCUT2D eigenvalue weighted by atomic mass is 32.2. The van der Waals surface area contributed by atoms with Crippen molar-refractivity contribution in [2.24, 2.45) is 11.8 Å². The van der Waals surface area contributed by atoms with Crippen molar-refractivity contribution in [1.82, 2.24) is 13.5 Å². The van der Waals surface area contributed by atoms with Gasteiger partial charge >= 0.3 is 0 Å². The van der Waals surface area contributed by atoms with Crippen LogP contribution in [0.2, 0.25) is 0 Å². The van der Waals surface area contributed by atoms with Gasteiger partial charge in [-0.25, -0.2) is 0 Å². The minimum atomic E-state index is -3.41. The van der Waals surface area contributed by atoms with Crippen molar-refractivity contribution >= 4 is 22.0 Å². The molecule has 26 heavy (non-hydrogen) atoms. The Morgan fingerprint density at radius 3 is 2.38 bits per heavy atom. The molecule has 3 aliphatic rings. The number of likely N-dealkylation sites (tertiary alicyclic amines) is 1. The van der Waals surface area contributed by atoms with Gasteiger partial charge in [0.05, 0.1) is 6.04 Å². The fourth-order valence-corrected chi connectivity index (χ4v) is 7.35. The molecule has 5 nitrogen and oxygen atoms in total. The molecule has 0 aromatic heterocycles. The summed E-state index contributed by atoms with van der Waals surface area (Å²) >= 11 is 2.06. The van der Waals surface area contributed by atoms with Gasteiger partial charge in [0.2, 0.25) is 0 Å². The van der Waals surface area contributed by atoms with Crippen molar-refractivity contribution < 1.29 is 8.42 Å². The molecule has 7 heteroatoms. The summed E-state index contributed by atoms with van der Waals surface area (Å²) in [6, 6.07) is 10.9. The van der Waals surface area contributed by atoms with Gasteiger partial charge in [-0.2, -0.15) is 28.8 Å². The Kier molecular flexibility index (Phi) is 5.36. The lowest BCUT2D eigenvalue weighted by atomic mass is 9.90. The number of nitrogens with zero attached hydrogens (tertiary/aromatic N) is 3. The highest BCUT2D eigenvalue weighted by Gasteiger charge is 2.52. The third kappa shape index (κ3) is 3.33. The van der Waals surface area contributed by atoms with E-state index in [-0.39, 0.29) is 6.04 Å². The molecule has 0 bridgehead atoms. The van der Waals surface area contributed by atoms with E-state index in [9.17, 15) is 8.42 Å². The average molecular weight is 396 g/mol. The summed E-state index contributed by atoms with van der Waals surface area (Å²) < 4.78 is 29.0. The minimum absolute atomic E-state index is 0.0448. The highest BCUT2D eigenvalue weighted by Crippen LogP contribution is 2.47. The molecule has 3 saturated heterocycles. The van der Waals surface area contributed by atoms with E-state index in [0.29, 0.717) is 24.4 Å². The summed E-state index contributed by atoms with van der Waals surface area (Å²) in [7, 11) is -0.141. The maximum absolute atomic E-state index is 13.0. The van der Waals surface area contributed by atoms with Crippen LogP contribution in [0, 0.1) is 11.8 Å². The molecule has 0 unspecified atom stereocenters. The largest absolute Gasteiger partial charge is 0.300 e. The Labute approximate surface area is 161 Å². The number of fused-ring (bicyclic) bond motifs is 1. The van der Waals surface area contributed by atoms with Gasteiger partial charge in [0.25, 0.3) is 10.2 Å². The zero-order chi connectivity index (χ0) is 18.3. The van der Waals surface area contributed by atoms with Crippen molar-refractivity contribution in [3.8, 4) is 0 Å². The second-order valence-electron chi connectivity index (χ2n) is 7.94. The molecular weight excluding hydrogens is 366 g/mol. The maximum atomic E-state index is 13.0. The van der Waals surface area contributed by atoms with Crippen LogP contribution < -0.4 is 0 Å². The zero-order valence-electron chi connectivity index (χ0n) is 15.6. The smallest absolute Gasteiger partial charge is 0.282 e. The van der Waals surface area contributed by atoms with Crippen LogP contribution in [0.3, 0.4) is 0 Å². The van der Waals surface area contributed by atoms with E-state index in [1.807, 2.05) is 18.2 Å². The van der Waals surface area contributed by atoms with E-state index in [4.69, 9.17) is 0 Å². The Morgan fingerprint density at radius 2 is 1.73 bits per heavy atom. The molecule has 0 N–H and O–H groups in total. The first-order valence-corrected chi connectivity index (χ1v) is 12.1. The number of benzene rings is 1. The predicted molar refractivity (Wildman–Crippen MR) is 107 cm³/mol. The second kappa shape index (κ2) is 7.43. The van der Waals surface area contributed by atoms with Crippen molar-refractivity contribution in [2.75, 3.05) is 45.2 Å². The molecule has 0 saturated carbocycles. The first kappa shape index (κ1) is 18.7. The standard InChI is InChI=1S/C19H29N3O2S2/c1-20(2)26(23,24)22-13-16-12-21(17-8-10-25-11-9-17)14-18(16)19(22)15-6-4-3-5-7-15/h3-7,16-19H,8-14H2,1-2H3/t16-,18-,19+/m0/s1. The van der Waals surface area contributed by atoms with Gasteiger partial charge in [-0.3, -0.25) is 4.90 Å². The summed E-state index contributed by atoms with van der Waals surface area (Å²) in [5.74, 6) is 3.35. The summed E-state index contributed by atoms with van der Waals surface area (Å²) in [5.41, 5.74) is 1.13. The molecule has 3 atom stereocenters. The molecule has 0 spiro atoms. The quantitative estimate of drug-likeness (QED) is 0.785. The van der Waals surface area contributed by atoms with Crippen LogP contribution in [0.5, 0.6) is 0 Å². The molecule has 0 aliphatic carbocycles. The summed E-state index contributed by atoms with van der Waals surface area (Å²) in [6.07, 6.45) is 2.56. The van der Waals surface area contributed by atoms with Crippen molar-refractivity contribution in [3.63, 3.8) is 0 Å². The fraction of sp³-hybridized carbons (Fsp3) is 0.684. The Morgan fingerprint density at radius 1 is 1.04 bits per heavy atom. The Bertz CT molecular complexity index is 720. The van der Waals surface area contributed by atoms with E-state index in [1.165, 1.54) is 28.7 Å². The Balaban J connectivity index is 1.61. The maximum Gasteiger partial charge on any atom is 0.282 e. The molecule has 0 radical (unpaired) electrons. The van der Waals surface area contributed by atoms with E-state index in [0.717, 1.165) is 18.7 Å². The normalized spacial score (nSPS) is 31.6. The monoisotopic (exact) mass is 395 g/mol. The predicted octanol–water partition coefficient (Wildman–Crippen LogP) is 2.29. The molecular formula is C19H29N3O2S2. The minimum Gasteiger partial charge on any atom is -0.300 e. The average Bonchev–Trinajstić information content (AvgIpc) is 3.21. The van der Waals surface area contributed by atoms with E-state index >= 15 is 0 Å². The van der Waals surface area contributed by atoms with Gasteiger partial charge in [-0.1, -0.05) is 30.3 Å². The molecule has 3 heterocycles. The molecule has 1 aromatic carbocycles. The molecule has 1 aromatic rings. The van der Waals surface area contributed by atoms with Crippen LogP contribution >= 0.6 is 11.8 Å². The number of hydrogen-bond donors (Lipinski definition) is 0. The van der Waals surface area contributed by atoms with Crippen LogP contribution in [-0.4, -0.2) is 73.2 Å².